The van der Waals surface area contributed by atoms with Gasteiger partial charge in [-0.05, 0) is 41.8 Å². The normalized spacial score (nSPS) is 14.5. The van der Waals surface area contributed by atoms with E-state index >= 15 is 0 Å². The number of nitrogens with zero attached hydrogens (tertiary/aromatic N) is 1. The second-order valence-corrected chi connectivity index (χ2v) is 5.25. The molecule has 0 bridgehead atoms. The maximum atomic E-state index is 5.39. The SMILES string of the molecule is BrC(Cc1ccncc1)c1ccc2c(c1)OCO2. The highest BCUT2D eigenvalue weighted by Gasteiger charge is 2.16. The first-order valence-electron chi connectivity index (χ1n) is 5.75. The Kier molecular flexibility index (Phi) is 3.19. The Hall–Kier alpha value is -1.55. The largest absolute Gasteiger partial charge is 0.454 e. The number of fused-ring (bicyclic) bond motifs is 1. The van der Waals surface area contributed by atoms with E-state index in [0.717, 1.165) is 17.9 Å². The molecule has 0 saturated heterocycles. The number of alkyl halides is 1. The predicted octanol–water partition coefficient (Wildman–Crippen LogP) is 3.49. The van der Waals surface area contributed by atoms with Crippen molar-refractivity contribution in [1.29, 1.82) is 0 Å². The zero-order valence-corrected chi connectivity index (χ0v) is 11.3. The van der Waals surface area contributed by atoms with Gasteiger partial charge in [0, 0.05) is 17.2 Å². The molecule has 0 N–H and O–H groups in total. The Morgan fingerprint density at radius 2 is 1.89 bits per heavy atom. The van der Waals surface area contributed by atoms with Crippen LogP contribution in [0.15, 0.2) is 42.7 Å². The molecule has 2 aromatic rings. The van der Waals surface area contributed by atoms with Crippen LogP contribution in [0.4, 0.5) is 0 Å². The van der Waals surface area contributed by atoms with Gasteiger partial charge < -0.3 is 9.47 Å². The summed E-state index contributed by atoms with van der Waals surface area (Å²) >= 11 is 3.71. The summed E-state index contributed by atoms with van der Waals surface area (Å²) in [7, 11) is 0. The summed E-state index contributed by atoms with van der Waals surface area (Å²) in [6.07, 6.45) is 4.55. The smallest absolute Gasteiger partial charge is 0.231 e. The fourth-order valence-electron chi connectivity index (χ4n) is 1.95. The molecule has 0 saturated carbocycles. The van der Waals surface area contributed by atoms with Crippen LogP contribution in [0.25, 0.3) is 0 Å². The van der Waals surface area contributed by atoms with Gasteiger partial charge in [-0.15, -0.1) is 0 Å². The fraction of sp³-hybridized carbons (Fsp3) is 0.214. The van der Waals surface area contributed by atoms with Crippen molar-refractivity contribution >= 4 is 15.9 Å². The summed E-state index contributed by atoms with van der Waals surface area (Å²) in [4.78, 5) is 4.28. The van der Waals surface area contributed by atoms with Gasteiger partial charge in [-0.2, -0.15) is 0 Å². The molecule has 3 nitrogen and oxygen atoms in total. The zero-order chi connectivity index (χ0) is 12.4. The molecule has 0 radical (unpaired) electrons. The molecule has 0 amide bonds. The number of hydrogen-bond acceptors (Lipinski definition) is 3. The second-order valence-electron chi connectivity index (χ2n) is 4.14. The van der Waals surface area contributed by atoms with Crippen LogP contribution in [0.5, 0.6) is 11.5 Å². The lowest BCUT2D eigenvalue weighted by Gasteiger charge is -2.10. The number of ether oxygens (including phenoxy) is 2. The van der Waals surface area contributed by atoms with Crippen LogP contribution in [-0.4, -0.2) is 11.8 Å². The monoisotopic (exact) mass is 305 g/mol. The van der Waals surface area contributed by atoms with E-state index in [2.05, 4.69) is 27.0 Å². The first-order valence-corrected chi connectivity index (χ1v) is 6.67. The van der Waals surface area contributed by atoms with Gasteiger partial charge in [0.15, 0.2) is 11.5 Å². The molecule has 1 aliphatic rings. The Morgan fingerprint density at radius 1 is 1.11 bits per heavy atom. The first-order chi connectivity index (χ1) is 8.83. The van der Waals surface area contributed by atoms with Crippen LogP contribution < -0.4 is 9.47 Å². The highest BCUT2D eigenvalue weighted by Crippen LogP contribution is 2.37. The molecule has 0 spiro atoms. The molecule has 0 aliphatic carbocycles. The Balaban J connectivity index is 1.78. The zero-order valence-electron chi connectivity index (χ0n) is 9.67. The summed E-state index contributed by atoms with van der Waals surface area (Å²) in [6, 6.07) is 10.1. The number of aromatic nitrogens is 1. The maximum absolute atomic E-state index is 5.39. The van der Waals surface area contributed by atoms with Crippen molar-refractivity contribution in [2.45, 2.75) is 11.2 Å². The van der Waals surface area contributed by atoms with Crippen LogP contribution >= 0.6 is 15.9 Å². The molecule has 18 heavy (non-hydrogen) atoms. The number of hydrogen-bond donors (Lipinski definition) is 0. The Bertz CT molecular complexity index is 545. The molecular weight excluding hydrogens is 294 g/mol. The molecule has 2 heterocycles. The summed E-state index contributed by atoms with van der Waals surface area (Å²) < 4.78 is 10.7. The lowest BCUT2D eigenvalue weighted by atomic mass is 10.0. The van der Waals surface area contributed by atoms with E-state index in [0.29, 0.717) is 6.79 Å². The minimum absolute atomic E-state index is 0.259. The summed E-state index contributed by atoms with van der Waals surface area (Å²) in [6.45, 7) is 0.316. The van der Waals surface area contributed by atoms with E-state index in [1.807, 2.05) is 36.7 Å². The number of halogens is 1. The van der Waals surface area contributed by atoms with Crippen molar-refractivity contribution in [3.63, 3.8) is 0 Å². The molecule has 1 atom stereocenters. The van der Waals surface area contributed by atoms with Gasteiger partial charge in [0.2, 0.25) is 6.79 Å². The first kappa shape index (κ1) is 11.5. The fourth-order valence-corrected chi connectivity index (χ4v) is 2.61. The second kappa shape index (κ2) is 4.98. The Labute approximate surface area is 114 Å². The average Bonchev–Trinajstić information content (AvgIpc) is 2.87. The molecule has 0 fully saturated rings. The topological polar surface area (TPSA) is 31.4 Å². The standard InChI is InChI=1S/C14H12BrNO2/c15-12(7-10-3-5-16-6-4-10)11-1-2-13-14(8-11)18-9-17-13/h1-6,8,12H,7,9H2. The summed E-state index contributed by atoms with van der Waals surface area (Å²) in [5, 5.41) is 0. The lowest BCUT2D eigenvalue weighted by molar-refractivity contribution is 0.174. The van der Waals surface area contributed by atoms with E-state index < -0.39 is 0 Å². The van der Waals surface area contributed by atoms with Crippen LogP contribution in [0, 0.1) is 0 Å². The van der Waals surface area contributed by atoms with Crippen LogP contribution in [0.3, 0.4) is 0 Å². The third-order valence-electron chi connectivity index (χ3n) is 2.92. The summed E-state index contributed by atoms with van der Waals surface area (Å²) in [5.74, 6) is 1.65. The summed E-state index contributed by atoms with van der Waals surface area (Å²) in [5.41, 5.74) is 2.45. The van der Waals surface area contributed by atoms with Gasteiger partial charge >= 0.3 is 0 Å². The van der Waals surface area contributed by atoms with Gasteiger partial charge in [-0.3, -0.25) is 4.98 Å². The van der Waals surface area contributed by atoms with Crippen molar-refractivity contribution in [3.05, 3.63) is 53.9 Å². The van der Waals surface area contributed by atoms with E-state index in [-0.39, 0.29) is 4.83 Å². The van der Waals surface area contributed by atoms with Gasteiger partial charge in [0.1, 0.15) is 0 Å². The van der Waals surface area contributed by atoms with Crippen molar-refractivity contribution in [1.82, 2.24) is 4.98 Å². The lowest BCUT2D eigenvalue weighted by Crippen LogP contribution is -1.95. The van der Waals surface area contributed by atoms with Gasteiger partial charge in [-0.1, -0.05) is 22.0 Å². The van der Waals surface area contributed by atoms with E-state index in [1.54, 1.807) is 0 Å². The molecule has 1 aromatic carbocycles. The molecule has 1 aliphatic heterocycles. The van der Waals surface area contributed by atoms with E-state index in [1.165, 1.54) is 11.1 Å². The third kappa shape index (κ3) is 2.34. The minimum atomic E-state index is 0.259. The van der Waals surface area contributed by atoms with E-state index in [4.69, 9.17) is 9.47 Å². The predicted molar refractivity (Wildman–Crippen MR) is 72.2 cm³/mol. The van der Waals surface area contributed by atoms with Crippen LogP contribution in [0.2, 0.25) is 0 Å². The number of rotatable bonds is 3. The van der Waals surface area contributed by atoms with Crippen LogP contribution in [0.1, 0.15) is 16.0 Å². The third-order valence-corrected chi connectivity index (χ3v) is 3.77. The van der Waals surface area contributed by atoms with E-state index in [9.17, 15) is 0 Å². The number of pyridine rings is 1. The molecule has 3 rings (SSSR count). The Morgan fingerprint density at radius 3 is 2.72 bits per heavy atom. The maximum Gasteiger partial charge on any atom is 0.231 e. The quantitative estimate of drug-likeness (QED) is 0.814. The average molecular weight is 306 g/mol. The van der Waals surface area contributed by atoms with Gasteiger partial charge in [0.05, 0.1) is 0 Å². The highest BCUT2D eigenvalue weighted by atomic mass is 79.9. The molecule has 4 heteroatoms. The molecular formula is C14H12BrNO2. The minimum Gasteiger partial charge on any atom is -0.454 e. The van der Waals surface area contributed by atoms with Crippen LogP contribution in [-0.2, 0) is 6.42 Å². The van der Waals surface area contributed by atoms with Crippen molar-refractivity contribution in [2.24, 2.45) is 0 Å². The van der Waals surface area contributed by atoms with Gasteiger partial charge in [-0.25, -0.2) is 0 Å². The van der Waals surface area contributed by atoms with Crippen molar-refractivity contribution in [2.75, 3.05) is 6.79 Å². The van der Waals surface area contributed by atoms with Crippen molar-refractivity contribution < 1.29 is 9.47 Å². The molecule has 1 aromatic heterocycles. The van der Waals surface area contributed by atoms with Crippen molar-refractivity contribution in [3.8, 4) is 11.5 Å². The highest BCUT2D eigenvalue weighted by molar-refractivity contribution is 9.09. The van der Waals surface area contributed by atoms with Gasteiger partial charge in [0.25, 0.3) is 0 Å². The molecule has 92 valence electrons. The number of benzene rings is 1. The molecule has 1 unspecified atom stereocenters.